The van der Waals surface area contributed by atoms with Gasteiger partial charge < -0.3 is 0 Å². The Kier molecular flexibility index (Phi) is 15.3. The van der Waals surface area contributed by atoms with E-state index in [1.54, 1.807) is 22.1 Å². The zero-order chi connectivity index (χ0) is 15.7. The molecule has 4 radical (unpaired) electrons. The van der Waals surface area contributed by atoms with Crippen LogP contribution in [0.4, 0.5) is 0 Å². The Labute approximate surface area is 136 Å². The first-order valence-electron chi connectivity index (χ1n) is 6.75. The van der Waals surface area contributed by atoms with E-state index < -0.39 is 16.1 Å². The van der Waals surface area contributed by atoms with Crippen molar-refractivity contribution in [1.82, 2.24) is 0 Å². The summed E-state index contributed by atoms with van der Waals surface area (Å²) < 4.78 is 1.94. The maximum Gasteiger partial charge on any atom is 0.0379 e. The summed E-state index contributed by atoms with van der Waals surface area (Å²) in [4.78, 5) is 0. The second kappa shape index (κ2) is 11.2. The maximum absolute atomic E-state index is 2.47. The molecular weight excluding hydrogens is 387 g/mol. The van der Waals surface area contributed by atoms with Gasteiger partial charge in [0.05, 0.1) is 0 Å². The van der Waals surface area contributed by atoms with Crippen molar-refractivity contribution in [3.63, 3.8) is 0 Å². The van der Waals surface area contributed by atoms with Crippen LogP contribution in [0.25, 0.3) is 0 Å². The minimum atomic E-state index is -0.878. The van der Waals surface area contributed by atoms with Gasteiger partial charge in [0, 0.05) is 17.6 Å². The van der Waals surface area contributed by atoms with Crippen molar-refractivity contribution in [3.05, 3.63) is 0 Å². The summed E-state index contributed by atoms with van der Waals surface area (Å²) in [7, 11) is -1.51. The SMILES string of the molecule is C[Si](C)(C)[C](=[Sn])[Si](C)(C)C.C[Si](C)C.C[Si](C)C. The summed E-state index contributed by atoms with van der Waals surface area (Å²) in [6.45, 7) is 28.4. The molecule has 0 nitrogen and oxygen atoms in total. The van der Waals surface area contributed by atoms with Gasteiger partial charge in [-0.3, -0.25) is 0 Å². The normalized spacial score (nSPS) is 11.4. The fraction of sp³-hybridized carbons (Fsp3) is 0.923. The van der Waals surface area contributed by atoms with Gasteiger partial charge in [-0.15, -0.1) is 0 Å². The van der Waals surface area contributed by atoms with Crippen LogP contribution in [0.3, 0.4) is 0 Å². The minimum absolute atomic E-state index is 0.120. The van der Waals surface area contributed by atoms with Crippen LogP contribution < -0.4 is 0 Å². The van der Waals surface area contributed by atoms with Gasteiger partial charge in [-0.2, -0.15) is 0 Å². The zero-order valence-electron chi connectivity index (χ0n) is 15.0. The summed E-state index contributed by atoms with van der Waals surface area (Å²) in [5.74, 6) is 0. The standard InChI is InChI=1S/C7H18Si2.2C3H9Si.Sn/c1-8(2,3)7-9(4,5)6;2*1-4(2)3;/h1-6H3;2*1-3H3;. The molecule has 5 heteroatoms. The van der Waals surface area contributed by atoms with Crippen LogP contribution in [-0.4, -0.2) is 58.6 Å². The van der Waals surface area contributed by atoms with E-state index in [0.29, 0.717) is 0 Å². The van der Waals surface area contributed by atoms with Gasteiger partial charge in [0.2, 0.25) is 0 Å². The second-order valence-electron chi connectivity index (χ2n) is 7.88. The van der Waals surface area contributed by atoms with Crippen LogP contribution in [0, 0.1) is 0 Å². The molecule has 0 rings (SSSR count). The summed E-state index contributed by atoms with van der Waals surface area (Å²) in [6.07, 6.45) is 0. The fourth-order valence-electron chi connectivity index (χ4n) is 1.12. The molecule has 0 amide bonds. The molecule has 0 unspecified atom stereocenters. The Morgan fingerprint density at radius 2 is 0.722 bits per heavy atom. The molecule has 0 bridgehead atoms. The third-order valence-electron chi connectivity index (χ3n) is 1.50. The van der Waals surface area contributed by atoms with Crippen molar-refractivity contribution in [3.8, 4) is 0 Å². The first-order valence-corrected chi connectivity index (χ1v) is 21.2. The molecule has 0 aliphatic carbocycles. The summed E-state index contributed by atoms with van der Waals surface area (Å²) in [5, 5.41) is 0. The molecule has 18 heavy (non-hydrogen) atoms. The molecule has 108 valence electrons. The Morgan fingerprint density at radius 3 is 0.722 bits per heavy atom. The third-order valence-corrected chi connectivity index (χ3v) is 21.8. The summed E-state index contributed by atoms with van der Waals surface area (Å²) in [5.41, 5.74) is 0. The van der Waals surface area contributed by atoms with Gasteiger partial charge in [-0.25, -0.2) is 0 Å². The van der Waals surface area contributed by atoms with Gasteiger partial charge in [-0.05, 0) is 0 Å². The zero-order valence-corrected chi connectivity index (χ0v) is 21.9. The summed E-state index contributed by atoms with van der Waals surface area (Å²) >= 11 is 1.71. The van der Waals surface area contributed by atoms with Gasteiger partial charge in [0.15, 0.2) is 0 Å². The maximum atomic E-state index is 2.47. The molecule has 0 spiro atoms. The van der Waals surface area contributed by atoms with E-state index >= 15 is 0 Å². The number of hydrogen-bond acceptors (Lipinski definition) is 0. The van der Waals surface area contributed by atoms with Crippen molar-refractivity contribution >= 4 is 58.6 Å². The Morgan fingerprint density at radius 1 is 0.611 bits per heavy atom. The van der Waals surface area contributed by atoms with Gasteiger partial charge in [0.1, 0.15) is 0 Å². The van der Waals surface area contributed by atoms with E-state index in [4.69, 9.17) is 0 Å². The van der Waals surface area contributed by atoms with Crippen molar-refractivity contribution in [2.75, 3.05) is 0 Å². The largest absolute Gasteiger partial charge is 0.0715 e. The van der Waals surface area contributed by atoms with Crippen molar-refractivity contribution in [1.29, 1.82) is 0 Å². The topological polar surface area (TPSA) is 0 Å². The van der Waals surface area contributed by atoms with E-state index in [0.717, 1.165) is 0 Å². The minimum Gasteiger partial charge on any atom is -0.0715 e. The second-order valence-corrected chi connectivity index (χ2v) is 28.7. The van der Waals surface area contributed by atoms with Gasteiger partial charge in [-0.1, -0.05) is 39.3 Å². The van der Waals surface area contributed by atoms with Crippen molar-refractivity contribution in [2.45, 2.75) is 78.6 Å². The fourth-order valence-corrected chi connectivity index (χ4v) is 10.1. The first-order chi connectivity index (χ1) is 7.62. The molecule has 0 aliphatic rings. The number of hydrogen-bond donors (Lipinski definition) is 0. The molecule has 0 saturated heterocycles. The van der Waals surface area contributed by atoms with Crippen LogP contribution >= 0.6 is 0 Å². The van der Waals surface area contributed by atoms with E-state index in [1.807, 2.05) is 2.76 Å². The molecule has 0 aromatic carbocycles. The Balaban J connectivity index is -0.000000233. The predicted molar refractivity (Wildman–Crippen MR) is 104 cm³/mol. The van der Waals surface area contributed by atoms with E-state index in [9.17, 15) is 0 Å². The molecule has 0 N–H and O–H groups in total. The Hall–Kier alpha value is 1.54. The molecule has 0 aliphatic heterocycles. The molecule has 0 atom stereocenters. The monoisotopic (exact) mass is 424 g/mol. The molecule has 0 saturated carbocycles. The van der Waals surface area contributed by atoms with Crippen LogP contribution in [-0.2, 0) is 0 Å². The molecule has 0 aromatic heterocycles. The van der Waals surface area contributed by atoms with Crippen LogP contribution in [0.5, 0.6) is 0 Å². The third kappa shape index (κ3) is 26.2. The predicted octanol–water partition coefficient (Wildman–Crippen LogP) is 4.82. The van der Waals surface area contributed by atoms with Gasteiger partial charge >= 0.3 is 80.2 Å². The molecule has 0 heterocycles. The van der Waals surface area contributed by atoms with Crippen LogP contribution in [0.1, 0.15) is 0 Å². The average Bonchev–Trinajstić information content (AvgIpc) is 1.96. The molecule has 0 fully saturated rings. The van der Waals surface area contributed by atoms with Crippen LogP contribution in [0.2, 0.25) is 78.6 Å². The Bertz CT molecular complexity index is 185. The van der Waals surface area contributed by atoms with E-state index in [-0.39, 0.29) is 17.6 Å². The quantitative estimate of drug-likeness (QED) is 0.559. The van der Waals surface area contributed by atoms with Gasteiger partial charge in [0.25, 0.3) is 0 Å². The molecular formula is C13H36Si4Sn. The van der Waals surface area contributed by atoms with E-state index in [2.05, 4.69) is 78.6 Å². The van der Waals surface area contributed by atoms with Crippen molar-refractivity contribution < 1.29 is 0 Å². The average molecular weight is 423 g/mol. The first kappa shape index (κ1) is 24.5. The number of rotatable bonds is 2. The van der Waals surface area contributed by atoms with E-state index in [1.165, 1.54) is 0 Å². The smallest absolute Gasteiger partial charge is 0.0379 e. The summed E-state index contributed by atoms with van der Waals surface area (Å²) in [6, 6.07) is 0. The molecule has 0 aromatic rings. The van der Waals surface area contributed by atoms with Crippen LogP contribution in [0.15, 0.2) is 0 Å². The van der Waals surface area contributed by atoms with Crippen molar-refractivity contribution in [2.24, 2.45) is 0 Å².